The van der Waals surface area contributed by atoms with Gasteiger partial charge in [0.1, 0.15) is 12.4 Å². The monoisotopic (exact) mass is 537 g/mol. The number of allylic oxidation sites excluding steroid dienone is 3. The van der Waals surface area contributed by atoms with E-state index in [0.29, 0.717) is 52.5 Å². The van der Waals surface area contributed by atoms with E-state index in [1.807, 2.05) is 31.2 Å². The maximum atomic E-state index is 13.9. The van der Waals surface area contributed by atoms with Crippen molar-refractivity contribution in [2.45, 2.75) is 31.6 Å². The highest BCUT2D eigenvalue weighted by atomic mass is 16.6. The quantitative estimate of drug-likeness (QED) is 0.352. The van der Waals surface area contributed by atoms with Crippen LogP contribution in [0.1, 0.15) is 42.7 Å². The van der Waals surface area contributed by atoms with Crippen LogP contribution in [0.25, 0.3) is 0 Å². The van der Waals surface area contributed by atoms with Crippen LogP contribution in [0, 0.1) is 0 Å². The lowest BCUT2D eigenvalue weighted by molar-refractivity contribution is -0.140. The number of carbonyl (C=O) groups is 2. The van der Waals surface area contributed by atoms with E-state index in [0.717, 1.165) is 17.0 Å². The van der Waals surface area contributed by atoms with Gasteiger partial charge in [0.15, 0.2) is 17.3 Å². The topological polar surface area (TPSA) is 102 Å². The molecule has 39 heavy (non-hydrogen) atoms. The van der Waals surface area contributed by atoms with Crippen molar-refractivity contribution in [2.75, 3.05) is 48.8 Å². The molecule has 9 nitrogen and oxygen atoms in total. The average Bonchev–Trinajstić information content (AvgIpc) is 2.95. The summed E-state index contributed by atoms with van der Waals surface area (Å²) in [6, 6.07) is 11.3. The van der Waals surface area contributed by atoms with Gasteiger partial charge in [-0.3, -0.25) is 4.79 Å². The zero-order valence-electron chi connectivity index (χ0n) is 23.2. The van der Waals surface area contributed by atoms with Crippen molar-refractivity contribution in [1.82, 2.24) is 5.32 Å². The number of ketones is 1. The number of nitrogens with one attached hydrogen (secondary N) is 1. The third kappa shape index (κ3) is 5.59. The fourth-order valence-corrected chi connectivity index (χ4v) is 5.32. The van der Waals surface area contributed by atoms with E-state index >= 15 is 0 Å². The summed E-state index contributed by atoms with van der Waals surface area (Å²) in [7, 11) is 7.74. The Bertz CT molecular complexity index is 1270. The van der Waals surface area contributed by atoms with Gasteiger partial charge in [-0.1, -0.05) is 12.1 Å². The van der Waals surface area contributed by atoms with Crippen molar-refractivity contribution < 1.29 is 38.0 Å². The van der Waals surface area contributed by atoms with Crippen LogP contribution >= 0.6 is 0 Å². The van der Waals surface area contributed by atoms with Gasteiger partial charge in [0.2, 0.25) is 5.75 Å². The minimum atomic E-state index is -0.686. The number of ether oxygens (including phenoxy) is 6. The maximum Gasteiger partial charge on any atom is 0.336 e. The summed E-state index contributed by atoms with van der Waals surface area (Å²) in [6.07, 6.45) is 0.913. The van der Waals surface area contributed by atoms with Crippen LogP contribution in [0.5, 0.6) is 23.0 Å². The van der Waals surface area contributed by atoms with Gasteiger partial charge in [0.25, 0.3) is 0 Å². The van der Waals surface area contributed by atoms with Crippen LogP contribution < -0.4 is 24.3 Å². The molecular weight excluding hydrogens is 502 g/mol. The third-order valence-electron chi connectivity index (χ3n) is 7.18. The summed E-state index contributed by atoms with van der Waals surface area (Å²) in [5.74, 6) is 0.770. The van der Waals surface area contributed by atoms with Gasteiger partial charge in [-0.05, 0) is 54.7 Å². The van der Waals surface area contributed by atoms with Crippen molar-refractivity contribution in [3.8, 4) is 23.0 Å². The van der Waals surface area contributed by atoms with Crippen LogP contribution in [0.3, 0.4) is 0 Å². The Morgan fingerprint density at radius 3 is 2.10 bits per heavy atom. The summed E-state index contributed by atoms with van der Waals surface area (Å²) < 4.78 is 32.5. The van der Waals surface area contributed by atoms with E-state index in [1.165, 1.54) is 28.4 Å². The molecule has 0 aromatic heterocycles. The molecule has 208 valence electrons. The first-order valence-corrected chi connectivity index (χ1v) is 12.7. The number of methoxy groups -OCH3 is 5. The molecule has 1 N–H and O–H groups in total. The van der Waals surface area contributed by atoms with Crippen LogP contribution in [0.15, 0.2) is 58.9 Å². The smallest absolute Gasteiger partial charge is 0.336 e. The molecule has 2 aliphatic rings. The summed E-state index contributed by atoms with van der Waals surface area (Å²) in [4.78, 5) is 27.3. The van der Waals surface area contributed by atoms with Crippen LogP contribution in [0.2, 0.25) is 0 Å². The number of Topliss-reactive ketones (excluding diaryl/α,β-unsaturated/α-hetero) is 1. The van der Waals surface area contributed by atoms with Crippen LogP contribution in [-0.4, -0.2) is 60.5 Å². The lowest BCUT2D eigenvalue weighted by Gasteiger charge is -2.37. The number of hydrogen-bond donors (Lipinski definition) is 1. The molecule has 1 heterocycles. The molecule has 4 rings (SSSR count). The lowest BCUT2D eigenvalue weighted by Crippen LogP contribution is -2.36. The normalized spacial score (nSPS) is 18.8. The van der Waals surface area contributed by atoms with E-state index in [1.54, 1.807) is 19.2 Å². The van der Waals surface area contributed by atoms with E-state index in [2.05, 4.69) is 5.32 Å². The minimum Gasteiger partial charge on any atom is -0.497 e. The third-order valence-corrected chi connectivity index (χ3v) is 7.18. The Balaban J connectivity index is 1.82. The van der Waals surface area contributed by atoms with Gasteiger partial charge in [-0.2, -0.15) is 0 Å². The second-order valence-electron chi connectivity index (χ2n) is 9.38. The predicted molar refractivity (Wildman–Crippen MR) is 145 cm³/mol. The molecule has 0 saturated carbocycles. The van der Waals surface area contributed by atoms with E-state index in [-0.39, 0.29) is 24.9 Å². The second kappa shape index (κ2) is 12.3. The fourth-order valence-electron chi connectivity index (χ4n) is 5.32. The summed E-state index contributed by atoms with van der Waals surface area (Å²) in [6.45, 7) is 2.17. The zero-order valence-corrected chi connectivity index (χ0v) is 23.2. The molecule has 0 fully saturated rings. The van der Waals surface area contributed by atoms with Crippen molar-refractivity contribution in [2.24, 2.45) is 0 Å². The van der Waals surface area contributed by atoms with Gasteiger partial charge in [0, 0.05) is 36.4 Å². The molecule has 0 radical (unpaired) electrons. The Kier molecular flexibility index (Phi) is 8.81. The van der Waals surface area contributed by atoms with E-state index in [9.17, 15) is 9.59 Å². The van der Waals surface area contributed by atoms with Gasteiger partial charge in [-0.25, -0.2) is 4.79 Å². The van der Waals surface area contributed by atoms with Gasteiger partial charge >= 0.3 is 5.97 Å². The molecule has 0 bridgehead atoms. The predicted octanol–water partition coefficient (Wildman–Crippen LogP) is 4.27. The summed E-state index contributed by atoms with van der Waals surface area (Å²) in [5, 5.41) is 3.37. The Hall–Kier alpha value is -3.98. The molecule has 1 aliphatic carbocycles. The fraction of sp³-hybridized carbons (Fsp3) is 0.400. The van der Waals surface area contributed by atoms with Crippen molar-refractivity contribution in [1.29, 1.82) is 0 Å². The largest absolute Gasteiger partial charge is 0.497 e. The van der Waals surface area contributed by atoms with Crippen molar-refractivity contribution >= 4 is 11.8 Å². The number of hydrogen-bond acceptors (Lipinski definition) is 9. The molecule has 0 saturated heterocycles. The number of rotatable bonds is 10. The molecular formula is C30H35NO8. The highest BCUT2D eigenvalue weighted by molar-refractivity contribution is 6.04. The molecule has 1 aliphatic heterocycles. The first kappa shape index (κ1) is 28.0. The molecule has 2 aromatic carbocycles. The molecule has 0 spiro atoms. The lowest BCUT2D eigenvalue weighted by atomic mass is 9.71. The molecule has 2 atom stereocenters. The highest BCUT2D eigenvalue weighted by Crippen LogP contribution is 2.49. The Morgan fingerprint density at radius 1 is 0.872 bits per heavy atom. The molecule has 2 aromatic rings. The summed E-state index contributed by atoms with van der Waals surface area (Å²) in [5.41, 5.74) is 4.02. The summed E-state index contributed by atoms with van der Waals surface area (Å²) >= 11 is 0. The first-order valence-electron chi connectivity index (χ1n) is 12.7. The van der Waals surface area contributed by atoms with Gasteiger partial charge in [-0.15, -0.1) is 0 Å². The van der Waals surface area contributed by atoms with E-state index < -0.39 is 11.9 Å². The van der Waals surface area contributed by atoms with Gasteiger partial charge in [0.05, 0.1) is 40.6 Å². The number of benzene rings is 2. The number of carbonyl (C=O) groups excluding carboxylic acids is 2. The van der Waals surface area contributed by atoms with E-state index in [4.69, 9.17) is 28.4 Å². The Morgan fingerprint density at radius 2 is 1.54 bits per heavy atom. The first-order chi connectivity index (χ1) is 18.9. The molecule has 9 heteroatoms. The standard InChI is InChI=1S/C30H35NO8/c1-17-26(30(33)39-12-11-34-2)27(20-15-24(36-4)29(38-6)25(16-20)37-5)28-22(31-17)13-19(14-23(28)32)18-7-9-21(35-3)10-8-18/h7-10,15-16,19,27,31H,11-14H2,1-6H3/t19-,27-/m1/s1. The zero-order chi connectivity index (χ0) is 28.1. The minimum absolute atomic E-state index is 0.0155. The SMILES string of the molecule is COCCOC(=O)C1=C(C)NC2=C(C(=O)C[C@H](c3ccc(OC)cc3)C2)[C@@H]1c1cc(OC)c(OC)c(OC)c1. The number of dihydropyridines is 1. The van der Waals surface area contributed by atoms with Gasteiger partial charge < -0.3 is 33.7 Å². The highest BCUT2D eigenvalue weighted by Gasteiger charge is 2.42. The maximum absolute atomic E-state index is 13.9. The van der Waals surface area contributed by atoms with Crippen LogP contribution in [0.4, 0.5) is 0 Å². The second-order valence-corrected chi connectivity index (χ2v) is 9.38. The average molecular weight is 538 g/mol. The molecule has 0 unspecified atom stereocenters. The molecule has 0 amide bonds. The Labute approximate surface area is 228 Å². The van der Waals surface area contributed by atoms with Crippen molar-refractivity contribution in [3.63, 3.8) is 0 Å². The van der Waals surface area contributed by atoms with Crippen LogP contribution in [-0.2, 0) is 19.1 Å². The number of esters is 1. The van der Waals surface area contributed by atoms with Crippen molar-refractivity contribution in [3.05, 3.63) is 70.1 Å².